The number of hydrogen-bond donors (Lipinski definition) is 2. The maximum Gasteiger partial charge on any atom is 0.255 e. The lowest BCUT2D eigenvalue weighted by Crippen LogP contribution is -2.52. The number of halogens is 1. The number of carbonyl (C=O) groups is 3. The second-order valence-corrected chi connectivity index (χ2v) is 12.5. The number of aliphatic hydroxyl groups is 1. The molecule has 0 aliphatic carbocycles. The first-order chi connectivity index (χ1) is 18.8. The molecule has 9 heteroatoms. The van der Waals surface area contributed by atoms with Crippen molar-refractivity contribution in [2.45, 2.75) is 62.6 Å². The van der Waals surface area contributed by atoms with E-state index in [0.29, 0.717) is 31.0 Å². The Balaban J connectivity index is 1.02. The molecule has 2 aromatic rings. The van der Waals surface area contributed by atoms with Crippen LogP contribution in [0.3, 0.4) is 0 Å². The van der Waals surface area contributed by atoms with E-state index in [2.05, 4.69) is 67.4 Å². The third-order valence-corrected chi connectivity index (χ3v) is 9.54. The van der Waals surface area contributed by atoms with Crippen molar-refractivity contribution in [2.24, 2.45) is 0 Å². The number of nitrogens with one attached hydrogen (secondary N) is 1. The fourth-order valence-electron chi connectivity index (χ4n) is 6.68. The van der Waals surface area contributed by atoms with Crippen LogP contribution < -0.4 is 10.2 Å². The van der Waals surface area contributed by atoms with E-state index in [-0.39, 0.29) is 24.1 Å². The smallest absolute Gasteiger partial charge is 0.255 e. The number of β-amino-alcohol motifs (C(OH)–C–C–N with tert-alkyl or cyclic N) is 1. The molecule has 0 aromatic heterocycles. The van der Waals surface area contributed by atoms with Crippen LogP contribution in [0, 0.1) is 0 Å². The van der Waals surface area contributed by atoms with Crippen molar-refractivity contribution < 1.29 is 19.5 Å². The first-order valence-corrected chi connectivity index (χ1v) is 14.8. The molecular formula is C30H35BrN4O4. The summed E-state index contributed by atoms with van der Waals surface area (Å²) in [7, 11) is 0. The quantitative estimate of drug-likeness (QED) is 0.515. The minimum absolute atomic E-state index is 0.125. The van der Waals surface area contributed by atoms with Crippen LogP contribution in [0.25, 0.3) is 0 Å². The molecule has 0 spiro atoms. The predicted octanol–water partition coefficient (Wildman–Crippen LogP) is 3.42. The van der Waals surface area contributed by atoms with Crippen LogP contribution in [0.15, 0.2) is 46.9 Å². The van der Waals surface area contributed by atoms with E-state index in [4.69, 9.17) is 0 Å². The molecular weight excluding hydrogens is 560 g/mol. The van der Waals surface area contributed by atoms with Gasteiger partial charge in [0.2, 0.25) is 11.8 Å². The molecule has 3 fully saturated rings. The van der Waals surface area contributed by atoms with Gasteiger partial charge in [-0.3, -0.25) is 19.7 Å². The SMILES string of the molecule is O=C1CCC(N2Cc3cc(C4CCN(CC5(O)CCN(c6ccc(Br)cc6)CC5)CC4)ccc3C2=O)C(=O)N1. The number of imide groups is 1. The van der Waals surface area contributed by atoms with E-state index in [1.807, 2.05) is 6.07 Å². The van der Waals surface area contributed by atoms with Gasteiger partial charge in [0.05, 0.1) is 5.60 Å². The van der Waals surface area contributed by atoms with E-state index in [0.717, 1.165) is 61.9 Å². The normalized spacial score (nSPS) is 24.2. The summed E-state index contributed by atoms with van der Waals surface area (Å²) in [4.78, 5) is 43.3. The highest BCUT2D eigenvalue weighted by atomic mass is 79.9. The molecule has 1 atom stereocenters. The maximum absolute atomic E-state index is 13.0. The Bertz CT molecular complexity index is 1270. The Morgan fingerprint density at radius 1 is 0.949 bits per heavy atom. The first-order valence-electron chi connectivity index (χ1n) is 14.0. The Labute approximate surface area is 237 Å². The Morgan fingerprint density at radius 2 is 1.67 bits per heavy atom. The maximum atomic E-state index is 13.0. The van der Waals surface area contributed by atoms with Gasteiger partial charge in [0, 0.05) is 48.3 Å². The highest BCUT2D eigenvalue weighted by Gasteiger charge is 2.40. The average Bonchev–Trinajstić information content (AvgIpc) is 3.25. The predicted molar refractivity (Wildman–Crippen MR) is 151 cm³/mol. The summed E-state index contributed by atoms with van der Waals surface area (Å²) in [5, 5.41) is 13.7. The molecule has 206 valence electrons. The molecule has 3 saturated heterocycles. The number of piperidine rings is 3. The molecule has 1 unspecified atom stereocenters. The lowest BCUT2D eigenvalue weighted by molar-refractivity contribution is -0.136. The molecule has 8 nitrogen and oxygen atoms in total. The van der Waals surface area contributed by atoms with Crippen LogP contribution in [0.5, 0.6) is 0 Å². The van der Waals surface area contributed by atoms with Gasteiger partial charge >= 0.3 is 0 Å². The number of likely N-dealkylation sites (tertiary alicyclic amines) is 1. The number of nitrogens with zero attached hydrogens (tertiary/aromatic N) is 3. The number of anilines is 1. The van der Waals surface area contributed by atoms with Gasteiger partial charge in [-0.15, -0.1) is 0 Å². The Kier molecular flexibility index (Phi) is 7.24. The van der Waals surface area contributed by atoms with Crippen molar-refractivity contribution >= 4 is 39.3 Å². The number of fused-ring (bicyclic) bond motifs is 1. The molecule has 3 amide bonds. The Morgan fingerprint density at radius 3 is 2.36 bits per heavy atom. The van der Waals surface area contributed by atoms with Crippen LogP contribution in [0.1, 0.15) is 65.9 Å². The van der Waals surface area contributed by atoms with Crippen LogP contribution in [-0.4, -0.2) is 77.0 Å². The van der Waals surface area contributed by atoms with E-state index in [9.17, 15) is 19.5 Å². The zero-order valence-corrected chi connectivity index (χ0v) is 23.7. The van der Waals surface area contributed by atoms with E-state index in [1.54, 1.807) is 4.90 Å². The van der Waals surface area contributed by atoms with Crippen LogP contribution in [0.2, 0.25) is 0 Å². The zero-order chi connectivity index (χ0) is 27.1. The van der Waals surface area contributed by atoms with Crippen molar-refractivity contribution in [1.82, 2.24) is 15.1 Å². The largest absolute Gasteiger partial charge is 0.388 e. The highest BCUT2D eigenvalue weighted by Crippen LogP contribution is 2.35. The van der Waals surface area contributed by atoms with Crippen molar-refractivity contribution in [3.8, 4) is 0 Å². The van der Waals surface area contributed by atoms with Crippen LogP contribution >= 0.6 is 15.9 Å². The van der Waals surface area contributed by atoms with Crippen molar-refractivity contribution in [1.29, 1.82) is 0 Å². The molecule has 4 heterocycles. The van der Waals surface area contributed by atoms with E-state index < -0.39 is 11.6 Å². The van der Waals surface area contributed by atoms with Gasteiger partial charge in [0.1, 0.15) is 6.04 Å². The minimum atomic E-state index is -0.647. The van der Waals surface area contributed by atoms with Crippen LogP contribution in [-0.2, 0) is 16.1 Å². The molecule has 0 bridgehead atoms. The summed E-state index contributed by atoms with van der Waals surface area (Å²) in [6.07, 6.45) is 4.22. The third kappa shape index (κ3) is 5.49. The number of benzene rings is 2. The van der Waals surface area contributed by atoms with Crippen molar-refractivity contribution in [3.05, 3.63) is 63.6 Å². The lowest BCUT2D eigenvalue weighted by atomic mass is 9.86. The summed E-state index contributed by atoms with van der Waals surface area (Å²) in [5.41, 5.74) is 3.44. The van der Waals surface area contributed by atoms with Crippen molar-refractivity contribution in [3.63, 3.8) is 0 Å². The molecule has 4 aliphatic heterocycles. The van der Waals surface area contributed by atoms with Gasteiger partial charge in [0.25, 0.3) is 5.91 Å². The fourth-order valence-corrected chi connectivity index (χ4v) is 6.94. The van der Waals surface area contributed by atoms with Gasteiger partial charge in [-0.05, 0) is 92.6 Å². The highest BCUT2D eigenvalue weighted by molar-refractivity contribution is 9.10. The number of amides is 3. The van der Waals surface area contributed by atoms with Crippen molar-refractivity contribution in [2.75, 3.05) is 37.6 Å². The molecule has 2 aromatic carbocycles. The summed E-state index contributed by atoms with van der Waals surface area (Å²) in [6.45, 7) is 4.74. The second kappa shape index (κ2) is 10.7. The Hall–Kier alpha value is -2.75. The second-order valence-electron chi connectivity index (χ2n) is 11.6. The van der Waals surface area contributed by atoms with Gasteiger partial charge in [-0.2, -0.15) is 0 Å². The molecule has 39 heavy (non-hydrogen) atoms. The van der Waals surface area contributed by atoms with E-state index >= 15 is 0 Å². The van der Waals surface area contributed by atoms with Gasteiger partial charge in [0.15, 0.2) is 0 Å². The lowest BCUT2D eigenvalue weighted by Gasteiger charge is -2.43. The van der Waals surface area contributed by atoms with Crippen LogP contribution in [0.4, 0.5) is 5.69 Å². The minimum Gasteiger partial charge on any atom is -0.388 e. The molecule has 2 N–H and O–H groups in total. The fraction of sp³-hybridized carbons (Fsp3) is 0.500. The van der Waals surface area contributed by atoms with Gasteiger partial charge in [-0.1, -0.05) is 28.1 Å². The summed E-state index contributed by atoms with van der Waals surface area (Å²) >= 11 is 3.50. The average molecular weight is 596 g/mol. The molecule has 0 saturated carbocycles. The number of carbonyl (C=O) groups excluding carboxylic acids is 3. The first kappa shape index (κ1) is 26.5. The molecule has 6 rings (SSSR count). The topological polar surface area (TPSA) is 93.2 Å². The monoisotopic (exact) mass is 594 g/mol. The summed E-state index contributed by atoms with van der Waals surface area (Å²) < 4.78 is 1.07. The summed E-state index contributed by atoms with van der Waals surface area (Å²) in [5.74, 6) is -0.353. The van der Waals surface area contributed by atoms with Gasteiger partial charge in [-0.25, -0.2) is 0 Å². The zero-order valence-electron chi connectivity index (χ0n) is 22.1. The number of hydrogen-bond acceptors (Lipinski definition) is 6. The summed E-state index contributed by atoms with van der Waals surface area (Å²) in [6, 6.07) is 13.9. The van der Waals surface area contributed by atoms with Gasteiger partial charge < -0.3 is 19.8 Å². The number of rotatable bonds is 5. The third-order valence-electron chi connectivity index (χ3n) is 9.01. The molecule has 4 aliphatic rings. The van der Waals surface area contributed by atoms with E-state index in [1.165, 1.54) is 11.3 Å². The molecule has 0 radical (unpaired) electrons. The standard InChI is InChI=1S/C30H35BrN4O4/c31-23-2-4-24(5-3-23)34-15-11-30(39,12-16-34)19-33-13-9-20(10-14-33)21-1-6-25-22(17-21)18-35(29(25)38)26-7-8-27(36)32-28(26)37/h1-6,17,20,26,39H,7-16,18-19H2,(H,32,36,37).